The lowest BCUT2D eigenvalue weighted by Crippen LogP contribution is -2.41. The summed E-state index contributed by atoms with van der Waals surface area (Å²) in [5, 5.41) is 6.68. The first-order chi connectivity index (χ1) is 13.6. The van der Waals surface area contributed by atoms with Crippen LogP contribution in [0.25, 0.3) is 5.65 Å². The molecule has 2 heterocycles. The van der Waals surface area contributed by atoms with Crippen molar-refractivity contribution in [2.45, 2.75) is 38.6 Å². The molecule has 154 valence electrons. The molecule has 0 radical (unpaired) electrons. The molecule has 4 rings (SSSR count). The average Bonchev–Trinajstić information content (AvgIpc) is 3.35. The topological polar surface area (TPSA) is 53.7 Å². The molecule has 0 aliphatic heterocycles. The standard InChI is InChI=1S/C22H26FN5.HI/c1-3-24-21(25-13-17-14-28-16(2)7-6-10-20(28)27-17)26-15-22(11-12-22)18-8-4-5-9-19(18)23;/h4-10,14H,3,11-13,15H2,1-2H3,(H2,24,25,26);1H. The van der Waals surface area contributed by atoms with Gasteiger partial charge in [-0.25, -0.2) is 14.4 Å². The Labute approximate surface area is 187 Å². The number of pyridine rings is 1. The van der Waals surface area contributed by atoms with E-state index in [-0.39, 0.29) is 35.2 Å². The SMILES string of the molecule is CCNC(=NCc1cn2c(C)cccc2n1)NCC1(c2ccccc2F)CC1.I. The lowest BCUT2D eigenvalue weighted by Gasteiger charge is -2.19. The van der Waals surface area contributed by atoms with E-state index in [0.717, 1.165) is 47.9 Å². The van der Waals surface area contributed by atoms with E-state index in [1.807, 2.05) is 37.4 Å². The monoisotopic (exact) mass is 507 g/mol. The highest BCUT2D eigenvalue weighted by atomic mass is 127. The van der Waals surface area contributed by atoms with Gasteiger partial charge in [-0.1, -0.05) is 24.3 Å². The molecule has 0 atom stereocenters. The van der Waals surface area contributed by atoms with Gasteiger partial charge in [0.1, 0.15) is 11.5 Å². The summed E-state index contributed by atoms with van der Waals surface area (Å²) in [4.78, 5) is 9.32. The van der Waals surface area contributed by atoms with Gasteiger partial charge < -0.3 is 15.0 Å². The van der Waals surface area contributed by atoms with Crippen molar-refractivity contribution in [3.05, 3.63) is 71.4 Å². The summed E-state index contributed by atoms with van der Waals surface area (Å²) in [5.41, 5.74) is 3.67. The van der Waals surface area contributed by atoms with Gasteiger partial charge in [0, 0.05) is 30.4 Å². The predicted octanol–water partition coefficient (Wildman–Crippen LogP) is 4.19. The summed E-state index contributed by atoms with van der Waals surface area (Å²) in [7, 11) is 0. The van der Waals surface area contributed by atoms with Crippen molar-refractivity contribution >= 4 is 35.6 Å². The number of guanidine groups is 1. The van der Waals surface area contributed by atoms with E-state index in [0.29, 0.717) is 13.1 Å². The maximum atomic E-state index is 14.2. The highest BCUT2D eigenvalue weighted by molar-refractivity contribution is 14.0. The molecule has 1 fully saturated rings. The van der Waals surface area contributed by atoms with E-state index in [1.54, 1.807) is 12.1 Å². The van der Waals surface area contributed by atoms with Crippen LogP contribution in [0.1, 0.15) is 36.7 Å². The van der Waals surface area contributed by atoms with Gasteiger partial charge in [0.05, 0.1) is 12.2 Å². The number of aryl methyl sites for hydroxylation is 1. The number of hydrogen-bond acceptors (Lipinski definition) is 2. The summed E-state index contributed by atoms with van der Waals surface area (Å²) in [5.74, 6) is 0.614. The number of rotatable bonds is 6. The second kappa shape index (κ2) is 9.11. The van der Waals surface area contributed by atoms with E-state index >= 15 is 0 Å². The Kier molecular flexibility index (Phi) is 6.77. The molecule has 0 bridgehead atoms. The van der Waals surface area contributed by atoms with Crippen LogP contribution in [0.3, 0.4) is 0 Å². The Morgan fingerprint density at radius 3 is 2.66 bits per heavy atom. The quantitative estimate of drug-likeness (QED) is 0.299. The van der Waals surface area contributed by atoms with E-state index in [4.69, 9.17) is 0 Å². The van der Waals surface area contributed by atoms with Gasteiger partial charge in [-0.15, -0.1) is 24.0 Å². The number of fused-ring (bicyclic) bond motifs is 1. The minimum Gasteiger partial charge on any atom is -0.357 e. The molecule has 2 N–H and O–H groups in total. The molecule has 29 heavy (non-hydrogen) atoms. The molecule has 3 aromatic rings. The van der Waals surface area contributed by atoms with Crippen molar-refractivity contribution in [2.75, 3.05) is 13.1 Å². The number of halogens is 2. The molecule has 7 heteroatoms. The number of hydrogen-bond donors (Lipinski definition) is 2. The first-order valence-corrected chi connectivity index (χ1v) is 9.82. The molecule has 1 saturated carbocycles. The zero-order valence-corrected chi connectivity index (χ0v) is 19.1. The fourth-order valence-electron chi connectivity index (χ4n) is 3.61. The molecular formula is C22H27FIN5. The zero-order chi connectivity index (χ0) is 19.6. The maximum Gasteiger partial charge on any atom is 0.191 e. The van der Waals surface area contributed by atoms with Crippen molar-refractivity contribution in [3.8, 4) is 0 Å². The van der Waals surface area contributed by atoms with Crippen molar-refractivity contribution in [2.24, 2.45) is 4.99 Å². The summed E-state index contributed by atoms with van der Waals surface area (Å²) in [6.07, 6.45) is 4.01. The highest BCUT2D eigenvalue weighted by Crippen LogP contribution is 2.48. The Bertz CT molecular complexity index is 1010. The van der Waals surface area contributed by atoms with Gasteiger partial charge in [0.2, 0.25) is 0 Å². The minimum atomic E-state index is -0.123. The number of imidazole rings is 1. The van der Waals surface area contributed by atoms with Crippen molar-refractivity contribution in [1.29, 1.82) is 0 Å². The number of nitrogens with one attached hydrogen (secondary N) is 2. The lowest BCUT2D eigenvalue weighted by atomic mass is 9.95. The molecule has 1 aliphatic rings. The minimum absolute atomic E-state index is 0. The Hall–Kier alpha value is -2.16. The van der Waals surface area contributed by atoms with Crippen LogP contribution in [0, 0.1) is 12.7 Å². The zero-order valence-electron chi connectivity index (χ0n) is 16.8. The maximum absolute atomic E-state index is 14.2. The Morgan fingerprint density at radius 1 is 1.17 bits per heavy atom. The molecule has 0 spiro atoms. The van der Waals surface area contributed by atoms with Gasteiger partial charge >= 0.3 is 0 Å². The Morgan fingerprint density at radius 2 is 1.97 bits per heavy atom. The predicted molar refractivity (Wildman–Crippen MR) is 125 cm³/mol. The van der Waals surface area contributed by atoms with Crippen molar-refractivity contribution < 1.29 is 4.39 Å². The number of nitrogens with zero attached hydrogens (tertiary/aromatic N) is 3. The molecule has 0 unspecified atom stereocenters. The van der Waals surface area contributed by atoms with E-state index in [9.17, 15) is 4.39 Å². The lowest BCUT2D eigenvalue weighted by molar-refractivity contribution is 0.559. The number of benzene rings is 1. The molecule has 2 aromatic heterocycles. The first-order valence-electron chi connectivity index (χ1n) is 9.82. The Balaban J connectivity index is 0.00000240. The van der Waals surface area contributed by atoms with Crippen molar-refractivity contribution in [1.82, 2.24) is 20.0 Å². The third kappa shape index (κ3) is 4.71. The normalized spacial score (nSPS) is 15.1. The fraction of sp³-hybridized carbons (Fsp3) is 0.364. The summed E-state index contributed by atoms with van der Waals surface area (Å²) in [6, 6.07) is 13.1. The van der Waals surface area contributed by atoms with Gasteiger partial charge in [0.25, 0.3) is 0 Å². The van der Waals surface area contributed by atoms with Gasteiger partial charge in [-0.2, -0.15) is 0 Å². The van der Waals surface area contributed by atoms with E-state index in [1.165, 1.54) is 0 Å². The second-order valence-corrected chi connectivity index (χ2v) is 7.44. The van der Waals surface area contributed by atoms with Crippen molar-refractivity contribution in [3.63, 3.8) is 0 Å². The van der Waals surface area contributed by atoms with Gasteiger partial charge in [0.15, 0.2) is 5.96 Å². The van der Waals surface area contributed by atoms with Crippen LogP contribution < -0.4 is 10.6 Å². The summed E-state index contributed by atoms with van der Waals surface area (Å²) in [6.45, 7) is 6.02. The van der Waals surface area contributed by atoms with Gasteiger partial charge in [-0.3, -0.25) is 0 Å². The van der Waals surface area contributed by atoms with E-state index < -0.39 is 0 Å². The van der Waals surface area contributed by atoms with Crippen LogP contribution in [-0.2, 0) is 12.0 Å². The molecular weight excluding hydrogens is 480 g/mol. The summed E-state index contributed by atoms with van der Waals surface area (Å²) < 4.78 is 16.3. The molecule has 0 amide bonds. The molecule has 5 nitrogen and oxygen atoms in total. The second-order valence-electron chi connectivity index (χ2n) is 7.44. The molecule has 0 saturated heterocycles. The number of aliphatic imine (C=N–C) groups is 1. The van der Waals surface area contributed by atoms with Crippen LogP contribution in [0.5, 0.6) is 0 Å². The average molecular weight is 507 g/mol. The van der Waals surface area contributed by atoms with E-state index in [2.05, 4.69) is 38.0 Å². The van der Waals surface area contributed by atoms with Gasteiger partial charge in [-0.05, 0) is 50.5 Å². The van der Waals surface area contributed by atoms with Crippen LogP contribution in [0.15, 0.2) is 53.7 Å². The number of aromatic nitrogens is 2. The summed E-state index contributed by atoms with van der Waals surface area (Å²) >= 11 is 0. The van der Waals surface area contributed by atoms with Crippen LogP contribution in [0.2, 0.25) is 0 Å². The van der Waals surface area contributed by atoms with Crippen LogP contribution in [-0.4, -0.2) is 28.4 Å². The van der Waals surface area contributed by atoms with Crippen LogP contribution >= 0.6 is 24.0 Å². The third-order valence-corrected chi connectivity index (χ3v) is 5.38. The first kappa shape index (κ1) is 21.5. The molecule has 1 aromatic carbocycles. The fourth-order valence-corrected chi connectivity index (χ4v) is 3.61. The highest BCUT2D eigenvalue weighted by Gasteiger charge is 2.45. The third-order valence-electron chi connectivity index (χ3n) is 5.38. The molecule has 1 aliphatic carbocycles. The smallest absolute Gasteiger partial charge is 0.191 e. The van der Waals surface area contributed by atoms with Crippen LogP contribution in [0.4, 0.5) is 4.39 Å². The largest absolute Gasteiger partial charge is 0.357 e.